The Morgan fingerprint density at radius 1 is 1.13 bits per heavy atom. The van der Waals surface area contributed by atoms with Gasteiger partial charge < -0.3 is 14.5 Å². The SMILES string of the molecule is Cc1cc(C(=O)N2CC(=O)N(C3CCCCC3)C[C@@H](OCc3ccccc3)C2)n(C)n1. The van der Waals surface area contributed by atoms with Crippen LogP contribution in [0.5, 0.6) is 0 Å². The normalized spacial score (nSPS) is 20.7. The van der Waals surface area contributed by atoms with Gasteiger partial charge in [0.05, 0.1) is 18.4 Å². The third kappa shape index (κ3) is 5.15. The lowest BCUT2D eigenvalue weighted by atomic mass is 9.94. The maximum atomic E-state index is 13.3. The van der Waals surface area contributed by atoms with E-state index >= 15 is 0 Å². The highest BCUT2D eigenvalue weighted by molar-refractivity contribution is 5.95. The Morgan fingerprint density at radius 3 is 2.55 bits per heavy atom. The van der Waals surface area contributed by atoms with E-state index in [0.717, 1.165) is 36.9 Å². The Hall–Kier alpha value is -2.67. The first-order valence-corrected chi connectivity index (χ1v) is 11.3. The van der Waals surface area contributed by atoms with E-state index in [9.17, 15) is 9.59 Å². The number of aromatic nitrogens is 2. The smallest absolute Gasteiger partial charge is 0.272 e. The lowest BCUT2D eigenvalue weighted by Gasteiger charge is -2.34. The Balaban J connectivity index is 1.54. The van der Waals surface area contributed by atoms with E-state index in [1.807, 2.05) is 42.2 Å². The molecule has 1 aliphatic carbocycles. The molecule has 0 bridgehead atoms. The number of hydrogen-bond acceptors (Lipinski definition) is 4. The summed E-state index contributed by atoms with van der Waals surface area (Å²) in [6, 6.07) is 12.0. The molecule has 1 aromatic heterocycles. The summed E-state index contributed by atoms with van der Waals surface area (Å²) in [6.45, 7) is 3.34. The van der Waals surface area contributed by atoms with Gasteiger partial charge in [0, 0.05) is 26.2 Å². The zero-order chi connectivity index (χ0) is 21.8. The molecule has 2 fully saturated rings. The quantitative estimate of drug-likeness (QED) is 0.740. The summed E-state index contributed by atoms with van der Waals surface area (Å²) >= 11 is 0. The molecule has 7 heteroatoms. The van der Waals surface area contributed by atoms with Crippen LogP contribution in [0.25, 0.3) is 0 Å². The first kappa shape index (κ1) is 21.6. The summed E-state index contributed by atoms with van der Waals surface area (Å²) in [5, 5.41) is 4.30. The lowest BCUT2D eigenvalue weighted by Crippen LogP contribution is -2.46. The zero-order valence-electron chi connectivity index (χ0n) is 18.5. The third-order valence-electron chi connectivity index (χ3n) is 6.32. The summed E-state index contributed by atoms with van der Waals surface area (Å²) < 4.78 is 7.85. The molecule has 0 N–H and O–H groups in total. The molecule has 0 radical (unpaired) electrons. The summed E-state index contributed by atoms with van der Waals surface area (Å²) in [6.07, 6.45) is 5.38. The fraction of sp³-hybridized carbons (Fsp3) is 0.542. The van der Waals surface area contributed by atoms with E-state index < -0.39 is 0 Å². The van der Waals surface area contributed by atoms with Crippen molar-refractivity contribution in [3.05, 3.63) is 53.3 Å². The molecule has 4 rings (SSSR count). The number of ether oxygens (including phenoxy) is 1. The Bertz CT molecular complexity index is 905. The van der Waals surface area contributed by atoms with Crippen molar-refractivity contribution in [3.8, 4) is 0 Å². The highest BCUT2D eigenvalue weighted by Gasteiger charge is 2.35. The maximum Gasteiger partial charge on any atom is 0.272 e. The largest absolute Gasteiger partial charge is 0.370 e. The van der Waals surface area contributed by atoms with E-state index in [4.69, 9.17) is 4.74 Å². The van der Waals surface area contributed by atoms with Gasteiger partial charge in [0.1, 0.15) is 12.2 Å². The number of benzene rings is 1. The molecule has 1 saturated carbocycles. The van der Waals surface area contributed by atoms with E-state index in [1.54, 1.807) is 22.7 Å². The summed E-state index contributed by atoms with van der Waals surface area (Å²) in [4.78, 5) is 30.1. The van der Waals surface area contributed by atoms with Crippen LogP contribution < -0.4 is 0 Å². The second kappa shape index (κ2) is 9.64. The van der Waals surface area contributed by atoms with Crippen molar-refractivity contribution in [1.29, 1.82) is 0 Å². The van der Waals surface area contributed by atoms with Crippen LogP contribution in [-0.2, 0) is 23.2 Å². The van der Waals surface area contributed by atoms with Crippen LogP contribution in [-0.4, -0.2) is 63.2 Å². The van der Waals surface area contributed by atoms with Crippen molar-refractivity contribution in [2.75, 3.05) is 19.6 Å². The van der Waals surface area contributed by atoms with Gasteiger partial charge in [-0.05, 0) is 31.4 Å². The third-order valence-corrected chi connectivity index (χ3v) is 6.32. The van der Waals surface area contributed by atoms with Gasteiger partial charge in [-0.25, -0.2) is 0 Å². The molecule has 1 saturated heterocycles. The molecule has 2 amide bonds. The molecule has 31 heavy (non-hydrogen) atoms. The van der Waals surface area contributed by atoms with Crippen molar-refractivity contribution >= 4 is 11.8 Å². The molecular formula is C24H32N4O3. The Labute approximate surface area is 184 Å². The van der Waals surface area contributed by atoms with Gasteiger partial charge in [0.25, 0.3) is 5.91 Å². The number of carbonyl (C=O) groups excluding carboxylic acids is 2. The molecule has 1 aromatic carbocycles. The second-order valence-corrected chi connectivity index (χ2v) is 8.74. The van der Waals surface area contributed by atoms with Gasteiger partial charge in [-0.1, -0.05) is 49.6 Å². The van der Waals surface area contributed by atoms with Gasteiger partial charge in [0.15, 0.2) is 0 Å². The fourth-order valence-electron chi connectivity index (χ4n) is 4.71. The number of hydrogen-bond donors (Lipinski definition) is 0. The molecule has 2 aliphatic rings. The van der Waals surface area contributed by atoms with Crippen LogP contribution in [0.15, 0.2) is 36.4 Å². The molecule has 1 atom stereocenters. The van der Waals surface area contributed by atoms with Crippen LogP contribution >= 0.6 is 0 Å². The lowest BCUT2D eigenvalue weighted by molar-refractivity contribution is -0.134. The predicted molar refractivity (Wildman–Crippen MR) is 117 cm³/mol. The van der Waals surface area contributed by atoms with Crippen molar-refractivity contribution in [1.82, 2.24) is 19.6 Å². The monoisotopic (exact) mass is 424 g/mol. The number of nitrogens with zero attached hydrogens (tertiary/aromatic N) is 4. The first-order valence-electron chi connectivity index (χ1n) is 11.3. The Kier molecular flexibility index (Phi) is 6.70. The highest BCUT2D eigenvalue weighted by Crippen LogP contribution is 2.25. The van der Waals surface area contributed by atoms with Crippen molar-refractivity contribution in [3.63, 3.8) is 0 Å². The van der Waals surface area contributed by atoms with Crippen LogP contribution in [0.2, 0.25) is 0 Å². The Morgan fingerprint density at radius 2 is 1.87 bits per heavy atom. The topological polar surface area (TPSA) is 67.7 Å². The van der Waals surface area contributed by atoms with Crippen molar-refractivity contribution < 1.29 is 14.3 Å². The molecule has 7 nitrogen and oxygen atoms in total. The van der Waals surface area contributed by atoms with E-state index in [0.29, 0.717) is 25.4 Å². The van der Waals surface area contributed by atoms with Crippen molar-refractivity contribution in [2.24, 2.45) is 7.05 Å². The van der Waals surface area contributed by atoms with Gasteiger partial charge in [0.2, 0.25) is 5.91 Å². The number of aryl methyl sites for hydroxylation is 2. The van der Waals surface area contributed by atoms with Crippen LogP contribution in [0, 0.1) is 6.92 Å². The van der Waals surface area contributed by atoms with Gasteiger partial charge in [-0.3, -0.25) is 14.3 Å². The number of amides is 2. The minimum Gasteiger partial charge on any atom is -0.370 e. The minimum absolute atomic E-state index is 0.0185. The second-order valence-electron chi connectivity index (χ2n) is 8.74. The predicted octanol–water partition coefficient (Wildman–Crippen LogP) is 2.93. The molecule has 166 valence electrons. The summed E-state index contributed by atoms with van der Waals surface area (Å²) in [7, 11) is 1.76. The standard InChI is InChI=1S/C24H32N4O3/c1-18-13-22(26(2)25-18)24(30)27-14-21(31-17-19-9-5-3-6-10-19)15-28(23(29)16-27)20-11-7-4-8-12-20/h3,5-6,9-10,13,20-21H,4,7-8,11-12,14-17H2,1-2H3/t21-/m0/s1. The van der Waals surface area contributed by atoms with E-state index in [1.165, 1.54) is 6.42 Å². The molecule has 0 unspecified atom stereocenters. The summed E-state index contributed by atoms with van der Waals surface area (Å²) in [5.74, 6) is -0.153. The van der Waals surface area contributed by atoms with E-state index in [2.05, 4.69) is 5.10 Å². The van der Waals surface area contributed by atoms with Crippen molar-refractivity contribution in [2.45, 2.75) is 57.8 Å². The molecule has 2 aromatic rings. The van der Waals surface area contributed by atoms with Gasteiger partial charge >= 0.3 is 0 Å². The first-order chi connectivity index (χ1) is 15.0. The minimum atomic E-state index is -0.230. The number of carbonyl (C=O) groups is 2. The molecule has 2 heterocycles. The maximum absolute atomic E-state index is 13.3. The summed E-state index contributed by atoms with van der Waals surface area (Å²) in [5.41, 5.74) is 2.37. The van der Waals surface area contributed by atoms with Crippen LogP contribution in [0.1, 0.15) is 53.8 Å². The zero-order valence-corrected chi connectivity index (χ0v) is 18.5. The van der Waals surface area contributed by atoms with Crippen LogP contribution in [0.3, 0.4) is 0 Å². The average Bonchev–Trinajstić information content (AvgIpc) is 3.03. The van der Waals surface area contributed by atoms with Gasteiger partial charge in [-0.15, -0.1) is 0 Å². The van der Waals surface area contributed by atoms with Crippen LogP contribution in [0.4, 0.5) is 0 Å². The van der Waals surface area contributed by atoms with E-state index in [-0.39, 0.29) is 30.5 Å². The molecule has 1 aliphatic heterocycles. The average molecular weight is 425 g/mol. The fourth-order valence-corrected chi connectivity index (χ4v) is 4.71. The highest BCUT2D eigenvalue weighted by atomic mass is 16.5. The van der Waals surface area contributed by atoms with Gasteiger partial charge in [-0.2, -0.15) is 5.10 Å². The number of rotatable bonds is 5. The molecular weight excluding hydrogens is 392 g/mol. The molecule has 0 spiro atoms.